The van der Waals surface area contributed by atoms with E-state index in [2.05, 4.69) is 33.0 Å². The molecule has 0 radical (unpaired) electrons. The molecule has 0 heterocycles. The van der Waals surface area contributed by atoms with Crippen molar-refractivity contribution >= 4 is 0 Å². The normalized spacial score (nSPS) is 20.8. The molecule has 0 saturated heterocycles. The fourth-order valence-corrected chi connectivity index (χ4v) is 2.48. The minimum absolute atomic E-state index is 0.217. The highest BCUT2D eigenvalue weighted by molar-refractivity contribution is 4.90. The molecule has 0 bridgehead atoms. The van der Waals surface area contributed by atoms with E-state index in [1.165, 1.54) is 25.7 Å². The van der Waals surface area contributed by atoms with Gasteiger partial charge in [-0.25, -0.2) is 0 Å². The van der Waals surface area contributed by atoms with Gasteiger partial charge in [0, 0.05) is 13.2 Å². The Hall–Kier alpha value is -0.0800. The summed E-state index contributed by atoms with van der Waals surface area (Å²) in [6.07, 6.45) is 5.65. The number of hydrogen-bond acceptors (Lipinski definition) is 2. The Morgan fingerprint density at radius 2 is 1.94 bits per heavy atom. The van der Waals surface area contributed by atoms with Crippen molar-refractivity contribution in [3.63, 3.8) is 0 Å². The first-order chi connectivity index (χ1) is 7.49. The van der Waals surface area contributed by atoms with Crippen LogP contribution >= 0.6 is 0 Å². The Kier molecular flexibility index (Phi) is 5.26. The van der Waals surface area contributed by atoms with Gasteiger partial charge in [-0.3, -0.25) is 0 Å². The Morgan fingerprint density at radius 1 is 1.31 bits per heavy atom. The number of methoxy groups -OCH3 is 1. The van der Waals surface area contributed by atoms with E-state index in [1.54, 1.807) is 0 Å². The Labute approximate surface area is 101 Å². The van der Waals surface area contributed by atoms with Crippen LogP contribution in [0.2, 0.25) is 0 Å². The molecule has 2 nitrogen and oxygen atoms in total. The molecule has 1 aliphatic rings. The number of nitrogens with one attached hydrogen (secondary N) is 1. The highest BCUT2D eigenvalue weighted by Crippen LogP contribution is 2.36. The summed E-state index contributed by atoms with van der Waals surface area (Å²) in [5.41, 5.74) is 0.217. The quantitative estimate of drug-likeness (QED) is 0.721. The second-order valence-corrected chi connectivity index (χ2v) is 6.26. The average Bonchev–Trinajstić information content (AvgIpc) is 2.96. The lowest BCUT2D eigenvalue weighted by Crippen LogP contribution is -2.48. The summed E-state index contributed by atoms with van der Waals surface area (Å²) in [4.78, 5) is 0. The van der Waals surface area contributed by atoms with Crippen molar-refractivity contribution in [2.45, 2.75) is 65.5 Å². The molecular weight excluding hydrogens is 198 g/mol. The second kappa shape index (κ2) is 6.02. The van der Waals surface area contributed by atoms with Gasteiger partial charge in [-0.2, -0.15) is 0 Å². The van der Waals surface area contributed by atoms with E-state index < -0.39 is 0 Å². The zero-order chi connectivity index (χ0) is 12.2. The predicted octanol–water partition coefficient (Wildman–Crippen LogP) is 3.22. The van der Waals surface area contributed by atoms with Gasteiger partial charge in [0.2, 0.25) is 0 Å². The molecule has 1 saturated carbocycles. The third kappa shape index (κ3) is 4.42. The maximum Gasteiger partial charge on any atom is 0.0772 e. The van der Waals surface area contributed by atoms with Gasteiger partial charge in [0.05, 0.1) is 6.10 Å². The van der Waals surface area contributed by atoms with Crippen LogP contribution in [-0.2, 0) is 4.74 Å². The van der Waals surface area contributed by atoms with Crippen molar-refractivity contribution in [1.82, 2.24) is 5.32 Å². The van der Waals surface area contributed by atoms with Crippen LogP contribution in [0.3, 0.4) is 0 Å². The van der Waals surface area contributed by atoms with Gasteiger partial charge in [-0.15, -0.1) is 0 Å². The van der Waals surface area contributed by atoms with Crippen molar-refractivity contribution < 1.29 is 4.74 Å². The maximum atomic E-state index is 5.74. The summed E-state index contributed by atoms with van der Waals surface area (Å²) in [6.45, 7) is 10.1. The van der Waals surface area contributed by atoms with Crippen LogP contribution in [0.25, 0.3) is 0 Å². The Bertz CT molecular complexity index is 193. The zero-order valence-corrected chi connectivity index (χ0v) is 11.7. The van der Waals surface area contributed by atoms with Crippen LogP contribution < -0.4 is 5.32 Å². The Morgan fingerprint density at radius 3 is 2.31 bits per heavy atom. The van der Waals surface area contributed by atoms with Crippen LogP contribution in [-0.4, -0.2) is 25.8 Å². The SMILES string of the molecule is CCCNC(CC1CC1)C(OC)C(C)(C)C. The van der Waals surface area contributed by atoms with E-state index in [0.717, 1.165) is 12.5 Å². The molecule has 1 N–H and O–H groups in total. The summed E-state index contributed by atoms with van der Waals surface area (Å²) in [7, 11) is 1.85. The third-order valence-corrected chi connectivity index (χ3v) is 3.41. The van der Waals surface area contributed by atoms with Gasteiger partial charge >= 0.3 is 0 Å². The summed E-state index contributed by atoms with van der Waals surface area (Å²) in [5.74, 6) is 0.953. The monoisotopic (exact) mass is 227 g/mol. The molecule has 96 valence electrons. The fraction of sp³-hybridized carbons (Fsp3) is 1.00. The van der Waals surface area contributed by atoms with Crippen LogP contribution in [0.1, 0.15) is 53.4 Å². The minimum atomic E-state index is 0.217. The molecular formula is C14H29NO. The predicted molar refractivity (Wildman–Crippen MR) is 69.7 cm³/mol. The molecule has 0 aromatic heterocycles. The van der Waals surface area contributed by atoms with Gasteiger partial charge in [-0.1, -0.05) is 40.5 Å². The summed E-state index contributed by atoms with van der Waals surface area (Å²) >= 11 is 0. The molecule has 16 heavy (non-hydrogen) atoms. The maximum absolute atomic E-state index is 5.74. The van der Waals surface area contributed by atoms with Crippen molar-refractivity contribution in [2.24, 2.45) is 11.3 Å². The lowest BCUT2D eigenvalue weighted by molar-refractivity contribution is -0.0143. The lowest BCUT2D eigenvalue weighted by atomic mass is 9.82. The fourth-order valence-electron chi connectivity index (χ4n) is 2.48. The molecule has 2 atom stereocenters. The standard InChI is InChI=1S/C14H29NO/c1-6-9-15-12(10-11-7-8-11)13(16-5)14(2,3)4/h11-13,15H,6-10H2,1-5H3. The molecule has 0 aromatic carbocycles. The van der Waals surface area contributed by atoms with E-state index in [9.17, 15) is 0 Å². The van der Waals surface area contributed by atoms with Gasteiger partial charge in [0.1, 0.15) is 0 Å². The topological polar surface area (TPSA) is 21.3 Å². The van der Waals surface area contributed by atoms with Crippen LogP contribution in [0.4, 0.5) is 0 Å². The van der Waals surface area contributed by atoms with Crippen molar-refractivity contribution in [2.75, 3.05) is 13.7 Å². The van der Waals surface area contributed by atoms with Gasteiger partial charge in [0.25, 0.3) is 0 Å². The van der Waals surface area contributed by atoms with Gasteiger partial charge < -0.3 is 10.1 Å². The summed E-state index contributed by atoms with van der Waals surface area (Å²) in [6, 6.07) is 0.525. The molecule has 0 spiro atoms. The van der Waals surface area contributed by atoms with Crippen LogP contribution in [0.15, 0.2) is 0 Å². The zero-order valence-electron chi connectivity index (χ0n) is 11.7. The van der Waals surface area contributed by atoms with Crippen LogP contribution in [0, 0.1) is 11.3 Å². The largest absolute Gasteiger partial charge is 0.379 e. The number of rotatable bonds is 7. The summed E-state index contributed by atoms with van der Waals surface area (Å²) < 4.78 is 5.74. The van der Waals surface area contributed by atoms with Crippen LogP contribution in [0.5, 0.6) is 0 Å². The van der Waals surface area contributed by atoms with E-state index >= 15 is 0 Å². The first kappa shape index (κ1) is 14.0. The molecule has 2 heteroatoms. The smallest absolute Gasteiger partial charge is 0.0772 e. The molecule has 2 unspecified atom stereocenters. The van der Waals surface area contributed by atoms with E-state index in [4.69, 9.17) is 4.74 Å². The minimum Gasteiger partial charge on any atom is -0.379 e. The molecule has 0 aliphatic heterocycles. The number of hydrogen-bond donors (Lipinski definition) is 1. The van der Waals surface area contributed by atoms with E-state index in [0.29, 0.717) is 12.1 Å². The highest BCUT2D eigenvalue weighted by Gasteiger charge is 2.35. The molecule has 1 aliphatic carbocycles. The van der Waals surface area contributed by atoms with Gasteiger partial charge in [-0.05, 0) is 30.7 Å². The average molecular weight is 227 g/mol. The molecule has 1 fully saturated rings. The van der Waals surface area contributed by atoms with Crippen molar-refractivity contribution in [1.29, 1.82) is 0 Å². The summed E-state index contributed by atoms with van der Waals surface area (Å²) in [5, 5.41) is 3.67. The molecule has 0 amide bonds. The van der Waals surface area contributed by atoms with Crippen molar-refractivity contribution in [3.8, 4) is 0 Å². The molecule has 1 rings (SSSR count). The molecule has 0 aromatic rings. The Balaban J connectivity index is 2.55. The third-order valence-electron chi connectivity index (χ3n) is 3.41. The van der Waals surface area contributed by atoms with E-state index in [-0.39, 0.29) is 5.41 Å². The second-order valence-electron chi connectivity index (χ2n) is 6.26. The van der Waals surface area contributed by atoms with Gasteiger partial charge in [0.15, 0.2) is 0 Å². The number of ether oxygens (including phenoxy) is 1. The first-order valence-corrected chi connectivity index (χ1v) is 6.75. The highest BCUT2D eigenvalue weighted by atomic mass is 16.5. The first-order valence-electron chi connectivity index (χ1n) is 6.75. The van der Waals surface area contributed by atoms with Crippen molar-refractivity contribution in [3.05, 3.63) is 0 Å². The van der Waals surface area contributed by atoms with E-state index in [1.807, 2.05) is 7.11 Å². The lowest BCUT2D eigenvalue weighted by Gasteiger charge is -2.36.